The highest BCUT2D eigenvalue weighted by atomic mass is 16.5. The average Bonchev–Trinajstić information content (AvgIpc) is 3.14. The van der Waals surface area contributed by atoms with Crippen LogP contribution in [-0.4, -0.2) is 29.3 Å². The van der Waals surface area contributed by atoms with Crippen molar-refractivity contribution in [2.75, 3.05) is 18.1 Å². The van der Waals surface area contributed by atoms with Gasteiger partial charge in [0.05, 0.1) is 12.7 Å². The molecule has 3 rings (SSSR count). The molecule has 1 amide bonds. The fourth-order valence-corrected chi connectivity index (χ4v) is 2.35. The predicted molar refractivity (Wildman–Crippen MR) is 92.5 cm³/mol. The molecule has 0 unspecified atom stereocenters. The molecule has 25 heavy (non-hydrogen) atoms. The van der Waals surface area contributed by atoms with Crippen molar-refractivity contribution >= 4 is 11.6 Å². The van der Waals surface area contributed by atoms with Crippen molar-refractivity contribution < 1.29 is 19.2 Å². The minimum atomic E-state index is -0.387. The van der Waals surface area contributed by atoms with Crippen LogP contribution in [0.25, 0.3) is 0 Å². The van der Waals surface area contributed by atoms with Gasteiger partial charge in [0.25, 0.3) is 11.8 Å². The first-order valence-corrected chi connectivity index (χ1v) is 7.89. The van der Waals surface area contributed by atoms with Crippen LogP contribution >= 0.6 is 0 Å². The zero-order chi connectivity index (χ0) is 17.5. The number of anilines is 1. The Kier molecular flexibility index (Phi) is 5.43. The summed E-state index contributed by atoms with van der Waals surface area (Å²) in [6.07, 6.45) is 0. The molecule has 1 N–H and O–H groups in total. The highest BCUT2D eigenvalue weighted by Gasteiger charge is 2.22. The summed E-state index contributed by atoms with van der Waals surface area (Å²) < 4.78 is 10.7. The number of nitrogens with zero attached hydrogens (tertiary/aromatic N) is 2. The maximum atomic E-state index is 12.6. The minimum absolute atomic E-state index is 0.0559. The van der Waals surface area contributed by atoms with E-state index in [0.29, 0.717) is 12.3 Å². The van der Waals surface area contributed by atoms with E-state index in [1.807, 2.05) is 48.5 Å². The van der Waals surface area contributed by atoms with E-state index in [-0.39, 0.29) is 30.7 Å². The first-order valence-electron chi connectivity index (χ1n) is 7.89. The van der Waals surface area contributed by atoms with Gasteiger partial charge in [0.15, 0.2) is 0 Å². The van der Waals surface area contributed by atoms with Crippen molar-refractivity contribution in [3.05, 3.63) is 78.1 Å². The van der Waals surface area contributed by atoms with Gasteiger partial charge < -0.3 is 19.3 Å². The van der Waals surface area contributed by atoms with E-state index in [1.165, 1.54) is 11.0 Å². The Balaban J connectivity index is 1.70. The first-order chi connectivity index (χ1) is 12.3. The normalized spacial score (nSPS) is 10.4. The largest absolute Gasteiger partial charge is 0.471 e. The summed E-state index contributed by atoms with van der Waals surface area (Å²) in [5, 5.41) is 13.0. The van der Waals surface area contributed by atoms with Crippen LogP contribution in [0.15, 0.2) is 71.3 Å². The molecule has 6 heteroatoms. The molecule has 0 saturated carbocycles. The smallest absolute Gasteiger partial charge is 0.297 e. The molecule has 0 aliphatic carbocycles. The van der Waals surface area contributed by atoms with Gasteiger partial charge in [-0.25, -0.2) is 0 Å². The third kappa shape index (κ3) is 4.24. The zero-order valence-corrected chi connectivity index (χ0v) is 13.5. The van der Waals surface area contributed by atoms with E-state index in [9.17, 15) is 9.90 Å². The molecule has 128 valence electrons. The molecule has 0 fully saturated rings. The lowest BCUT2D eigenvalue weighted by atomic mass is 10.2. The molecule has 0 spiro atoms. The molecule has 0 bridgehead atoms. The summed E-state index contributed by atoms with van der Waals surface area (Å²) in [4.78, 5) is 14.1. The van der Waals surface area contributed by atoms with Crippen molar-refractivity contribution in [3.8, 4) is 5.88 Å². The number of ether oxygens (including phenoxy) is 1. The van der Waals surface area contributed by atoms with Crippen LogP contribution in [0.4, 0.5) is 5.69 Å². The van der Waals surface area contributed by atoms with Crippen molar-refractivity contribution in [2.45, 2.75) is 6.61 Å². The second-order valence-electron chi connectivity index (χ2n) is 5.32. The SMILES string of the molecule is O=C(c1cc(OCc2ccccc2)no1)N(CCO)c1ccccc1. The fraction of sp³-hybridized carbons (Fsp3) is 0.158. The van der Waals surface area contributed by atoms with Gasteiger partial charge in [-0.3, -0.25) is 4.79 Å². The molecule has 6 nitrogen and oxygen atoms in total. The van der Waals surface area contributed by atoms with Gasteiger partial charge in [-0.1, -0.05) is 48.5 Å². The number of hydrogen-bond acceptors (Lipinski definition) is 5. The van der Waals surface area contributed by atoms with E-state index < -0.39 is 0 Å². The second kappa shape index (κ2) is 8.12. The van der Waals surface area contributed by atoms with E-state index in [4.69, 9.17) is 9.26 Å². The molecule has 1 heterocycles. The number of hydrogen-bond donors (Lipinski definition) is 1. The summed E-state index contributed by atoms with van der Waals surface area (Å²) in [6.45, 7) is 0.329. The molecular formula is C19H18N2O4. The van der Waals surface area contributed by atoms with Crippen LogP contribution in [0.2, 0.25) is 0 Å². The number of rotatable bonds is 7. The molecule has 2 aromatic carbocycles. The Morgan fingerprint density at radius 3 is 2.44 bits per heavy atom. The third-order valence-electron chi connectivity index (χ3n) is 3.57. The molecule has 3 aromatic rings. The summed E-state index contributed by atoms with van der Waals surface area (Å²) in [5.41, 5.74) is 1.66. The maximum Gasteiger partial charge on any atom is 0.297 e. The van der Waals surface area contributed by atoms with Gasteiger partial charge in [0.1, 0.15) is 6.61 Å². The van der Waals surface area contributed by atoms with Gasteiger partial charge in [-0.2, -0.15) is 0 Å². The first kappa shape index (κ1) is 16.7. The number of amides is 1. The zero-order valence-electron chi connectivity index (χ0n) is 13.5. The Labute approximate surface area is 145 Å². The monoisotopic (exact) mass is 338 g/mol. The molecule has 0 aliphatic heterocycles. The molecule has 0 radical (unpaired) electrons. The second-order valence-corrected chi connectivity index (χ2v) is 5.32. The summed E-state index contributed by atoms with van der Waals surface area (Å²) in [7, 11) is 0. The number of para-hydroxylation sites is 1. The van der Waals surface area contributed by atoms with Crippen molar-refractivity contribution in [2.24, 2.45) is 0 Å². The lowest BCUT2D eigenvalue weighted by Crippen LogP contribution is -2.33. The third-order valence-corrected chi connectivity index (χ3v) is 3.57. The number of aliphatic hydroxyl groups is 1. The van der Waals surface area contributed by atoms with Crippen molar-refractivity contribution in [1.29, 1.82) is 0 Å². The van der Waals surface area contributed by atoms with Crippen molar-refractivity contribution in [1.82, 2.24) is 5.16 Å². The lowest BCUT2D eigenvalue weighted by molar-refractivity contribution is 0.0945. The topological polar surface area (TPSA) is 75.8 Å². The quantitative estimate of drug-likeness (QED) is 0.717. The lowest BCUT2D eigenvalue weighted by Gasteiger charge is -2.20. The van der Waals surface area contributed by atoms with Gasteiger partial charge in [-0.05, 0) is 22.9 Å². The molecular weight excluding hydrogens is 320 g/mol. The van der Waals surface area contributed by atoms with E-state index >= 15 is 0 Å². The summed E-state index contributed by atoms with van der Waals surface area (Å²) in [6, 6.07) is 20.2. The van der Waals surface area contributed by atoms with E-state index in [0.717, 1.165) is 5.56 Å². The Morgan fingerprint density at radius 2 is 1.76 bits per heavy atom. The Hall–Kier alpha value is -3.12. The van der Waals surface area contributed by atoms with Crippen molar-refractivity contribution in [3.63, 3.8) is 0 Å². The van der Waals surface area contributed by atoms with Crippen LogP contribution < -0.4 is 9.64 Å². The molecule has 0 aliphatic rings. The van der Waals surface area contributed by atoms with Crippen LogP contribution in [0, 0.1) is 0 Å². The van der Waals surface area contributed by atoms with Crippen LogP contribution in [0.3, 0.4) is 0 Å². The van der Waals surface area contributed by atoms with Gasteiger partial charge >= 0.3 is 0 Å². The fourth-order valence-electron chi connectivity index (χ4n) is 2.35. The average molecular weight is 338 g/mol. The number of benzene rings is 2. The van der Waals surface area contributed by atoms with Crippen LogP contribution in [0.5, 0.6) is 5.88 Å². The summed E-state index contributed by atoms with van der Waals surface area (Å²) in [5.74, 6) is -0.0908. The number of carbonyl (C=O) groups is 1. The van der Waals surface area contributed by atoms with E-state index in [1.54, 1.807) is 12.1 Å². The Bertz CT molecular complexity index is 803. The van der Waals surface area contributed by atoms with Gasteiger partial charge in [0, 0.05) is 12.2 Å². The summed E-state index contributed by atoms with van der Waals surface area (Å²) >= 11 is 0. The van der Waals surface area contributed by atoms with Gasteiger partial charge in [-0.15, -0.1) is 0 Å². The van der Waals surface area contributed by atoms with Crippen LogP contribution in [-0.2, 0) is 6.61 Å². The van der Waals surface area contributed by atoms with Gasteiger partial charge in [0.2, 0.25) is 5.76 Å². The van der Waals surface area contributed by atoms with Crippen LogP contribution in [0.1, 0.15) is 16.1 Å². The Morgan fingerprint density at radius 1 is 1.08 bits per heavy atom. The number of aliphatic hydroxyl groups excluding tert-OH is 1. The number of aromatic nitrogens is 1. The standard InChI is InChI=1S/C19H18N2O4/c22-12-11-21(16-9-5-2-6-10-16)19(23)17-13-18(20-25-17)24-14-15-7-3-1-4-8-15/h1-10,13,22H,11-12,14H2. The highest BCUT2D eigenvalue weighted by Crippen LogP contribution is 2.19. The number of carbonyl (C=O) groups excluding carboxylic acids is 1. The highest BCUT2D eigenvalue weighted by molar-refractivity contribution is 6.04. The predicted octanol–water partition coefficient (Wildman–Crippen LogP) is 2.89. The molecule has 1 aromatic heterocycles. The minimum Gasteiger partial charge on any atom is -0.471 e. The molecule has 0 atom stereocenters. The maximum absolute atomic E-state index is 12.6. The van der Waals surface area contributed by atoms with E-state index in [2.05, 4.69) is 5.16 Å². The molecule has 0 saturated heterocycles.